The van der Waals surface area contributed by atoms with Crippen molar-refractivity contribution in [2.45, 2.75) is 57.6 Å². The van der Waals surface area contributed by atoms with Gasteiger partial charge in [-0.3, -0.25) is 4.90 Å². The number of nitrogens with zero attached hydrogens (tertiary/aromatic N) is 5. The third kappa shape index (κ3) is 8.33. The first-order chi connectivity index (χ1) is 21.1. The largest absolute Gasteiger partial charge is 0.479 e. The van der Waals surface area contributed by atoms with E-state index in [1.54, 1.807) is 32.9 Å². The van der Waals surface area contributed by atoms with Gasteiger partial charge in [-0.15, -0.1) is 0 Å². The second-order valence-electron chi connectivity index (χ2n) is 11.6. The van der Waals surface area contributed by atoms with E-state index in [1.807, 2.05) is 11.9 Å². The van der Waals surface area contributed by atoms with Crippen LogP contribution >= 0.6 is 0 Å². The summed E-state index contributed by atoms with van der Waals surface area (Å²) in [6, 6.07) is 4.22. The Morgan fingerprint density at radius 1 is 1.27 bits per heavy atom. The van der Waals surface area contributed by atoms with Crippen molar-refractivity contribution in [3.05, 3.63) is 47.7 Å². The summed E-state index contributed by atoms with van der Waals surface area (Å²) in [6.45, 7) is 5.41. The maximum Gasteiger partial charge on any atom is 0.415 e. The van der Waals surface area contributed by atoms with Gasteiger partial charge >= 0.3 is 18.2 Å². The molecule has 45 heavy (non-hydrogen) atoms. The molecular weight excluding hydrogens is 600 g/mol. The van der Waals surface area contributed by atoms with E-state index in [1.165, 1.54) is 23.8 Å². The number of ether oxygens (including phenoxy) is 2. The lowest BCUT2D eigenvalue weighted by molar-refractivity contribution is -0.128. The summed E-state index contributed by atoms with van der Waals surface area (Å²) in [6.07, 6.45) is -4.87. The Balaban J connectivity index is 1.74. The lowest BCUT2D eigenvalue weighted by Crippen LogP contribution is -2.46. The second kappa shape index (κ2) is 13.2. The summed E-state index contributed by atoms with van der Waals surface area (Å²) in [7, 11) is 3.04. The number of nitrogens with one attached hydrogen (secondary N) is 1. The van der Waals surface area contributed by atoms with E-state index >= 15 is 0 Å². The molecule has 3 aromatic heterocycles. The van der Waals surface area contributed by atoms with Gasteiger partial charge in [0.25, 0.3) is 0 Å². The normalized spacial score (nSPS) is 17.4. The Labute approximate surface area is 257 Å². The standard InChI is InChI=1S/C30H34F4N6O5/c1-29(2,3)45-28(43)40(24-16-35-25(27(41)42)37-26(24)44-5)12-6-8-18-14-22-21(36-20-10-13-38(4)17-19(20)31)9-7-11-39(22)23(18)15-30(32,33)34/h7,9,11,14,16,19-20,36H,10,12-13,15,17H2,1-5H3,(H,41,42)/t19-,20+/m0/s1. The molecule has 0 spiro atoms. The molecule has 15 heteroatoms. The topological polar surface area (TPSA) is 122 Å². The van der Waals surface area contributed by atoms with E-state index in [4.69, 9.17) is 9.47 Å². The molecular formula is C30H34F4N6O5. The van der Waals surface area contributed by atoms with Gasteiger partial charge in [-0.25, -0.2) is 19.0 Å². The highest BCUT2D eigenvalue weighted by atomic mass is 19.4. The molecule has 1 fully saturated rings. The number of carboxylic acids is 1. The molecule has 1 aliphatic heterocycles. The summed E-state index contributed by atoms with van der Waals surface area (Å²) >= 11 is 0. The van der Waals surface area contributed by atoms with Crippen LogP contribution in [-0.4, -0.2) is 94.2 Å². The zero-order valence-corrected chi connectivity index (χ0v) is 25.4. The van der Waals surface area contributed by atoms with Crippen LogP contribution in [0.1, 0.15) is 49.1 Å². The molecule has 242 valence electrons. The lowest BCUT2D eigenvalue weighted by atomic mass is 10.0. The van der Waals surface area contributed by atoms with Crippen LogP contribution in [0.3, 0.4) is 0 Å². The SMILES string of the molecule is COc1nc(C(=O)O)ncc1N(CC#Cc1cc2c(N[C@@H]3CCN(C)C[C@@H]3F)cccn2c1CC(F)(F)F)C(=O)OC(C)(C)C. The third-order valence-electron chi connectivity index (χ3n) is 6.85. The Bertz CT molecular complexity index is 1620. The van der Waals surface area contributed by atoms with Gasteiger partial charge in [0.05, 0.1) is 43.5 Å². The number of likely N-dealkylation sites (tertiary alicyclic amines) is 1. The molecule has 2 N–H and O–H groups in total. The van der Waals surface area contributed by atoms with Crippen molar-refractivity contribution in [2.75, 3.05) is 44.0 Å². The Hall–Kier alpha value is -4.58. The molecule has 0 aromatic carbocycles. The highest BCUT2D eigenvalue weighted by Crippen LogP contribution is 2.31. The minimum absolute atomic E-state index is 0.0512. The van der Waals surface area contributed by atoms with Gasteiger partial charge in [-0.1, -0.05) is 11.8 Å². The molecule has 0 unspecified atom stereocenters. The fourth-order valence-corrected chi connectivity index (χ4v) is 4.85. The van der Waals surface area contributed by atoms with Gasteiger partial charge in [0.1, 0.15) is 17.5 Å². The maximum atomic E-state index is 14.8. The number of rotatable bonds is 7. The predicted molar refractivity (Wildman–Crippen MR) is 158 cm³/mol. The summed E-state index contributed by atoms with van der Waals surface area (Å²) in [4.78, 5) is 35.0. The molecule has 2 atom stereocenters. The second-order valence-corrected chi connectivity index (χ2v) is 11.6. The molecule has 0 aliphatic carbocycles. The third-order valence-corrected chi connectivity index (χ3v) is 6.85. The van der Waals surface area contributed by atoms with Crippen molar-refractivity contribution in [2.24, 2.45) is 0 Å². The summed E-state index contributed by atoms with van der Waals surface area (Å²) in [5, 5.41) is 12.4. The molecule has 1 saturated heterocycles. The summed E-state index contributed by atoms with van der Waals surface area (Å²) in [5.74, 6) is 3.24. The fourth-order valence-electron chi connectivity index (χ4n) is 4.85. The first-order valence-corrected chi connectivity index (χ1v) is 14.0. The van der Waals surface area contributed by atoms with Crippen LogP contribution in [0.2, 0.25) is 0 Å². The van der Waals surface area contributed by atoms with Crippen LogP contribution in [0.4, 0.5) is 33.7 Å². The number of hydrogen-bond donors (Lipinski definition) is 2. The van der Waals surface area contributed by atoms with E-state index in [-0.39, 0.29) is 29.4 Å². The van der Waals surface area contributed by atoms with Gasteiger partial charge < -0.3 is 29.2 Å². The number of methoxy groups -OCH3 is 1. The number of fused-ring (bicyclic) bond motifs is 1. The first-order valence-electron chi connectivity index (χ1n) is 14.0. The zero-order valence-electron chi connectivity index (χ0n) is 25.4. The number of anilines is 2. The smallest absolute Gasteiger partial charge is 0.415 e. The number of aromatic nitrogens is 3. The molecule has 0 saturated carbocycles. The van der Waals surface area contributed by atoms with Crippen molar-refractivity contribution in [3.63, 3.8) is 0 Å². The van der Waals surface area contributed by atoms with E-state index < -0.39 is 54.8 Å². The Morgan fingerprint density at radius 3 is 2.62 bits per heavy atom. The van der Waals surface area contributed by atoms with Crippen molar-refractivity contribution < 1.29 is 41.7 Å². The Kier molecular flexibility index (Phi) is 9.76. The average Bonchev–Trinajstić information content (AvgIpc) is 3.27. The molecule has 0 bridgehead atoms. The van der Waals surface area contributed by atoms with Gasteiger partial charge in [0.15, 0.2) is 0 Å². The van der Waals surface area contributed by atoms with Crippen LogP contribution in [0, 0.1) is 11.8 Å². The van der Waals surface area contributed by atoms with Crippen LogP contribution < -0.4 is 15.0 Å². The number of piperidine rings is 1. The van der Waals surface area contributed by atoms with Gasteiger partial charge in [0.2, 0.25) is 11.7 Å². The van der Waals surface area contributed by atoms with Crippen molar-refractivity contribution in [3.8, 4) is 17.7 Å². The molecule has 4 rings (SSSR count). The number of carboxylic acid groups (broad SMARTS) is 1. The van der Waals surface area contributed by atoms with Crippen LogP contribution in [0.25, 0.3) is 5.52 Å². The van der Waals surface area contributed by atoms with Gasteiger partial charge in [-0.05, 0) is 52.4 Å². The first kappa shape index (κ1) is 33.3. The van der Waals surface area contributed by atoms with Crippen molar-refractivity contribution in [1.82, 2.24) is 19.3 Å². The molecule has 3 aromatic rings. The van der Waals surface area contributed by atoms with E-state index in [0.29, 0.717) is 24.2 Å². The number of pyridine rings is 1. The van der Waals surface area contributed by atoms with E-state index in [2.05, 4.69) is 27.1 Å². The number of alkyl halides is 4. The lowest BCUT2D eigenvalue weighted by Gasteiger charge is -2.33. The van der Waals surface area contributed by atoms with Crippen molar-refractivity contribution >= 4 is 29.0 Å². The summed E-state index contributed by atoms with van der Waals surface area (Å²) in [5.41, 5.74) is -0.237. The van der Waals surface area contributed by atoms with Crippen molar-refractivity contribution in [1.29, 1.82) is 0 Å². The minimum Gasteiger partial charge on any atom is -0.479 e. The number of aromatic carboxylic acids is 1. The molecule has 0 radical (unpaired) electrons. The van der Waals surface area contributed by atoms with Crippen LogP contribution in [0.15, 0.2) is 30.6 Å². The number of hydrogen-bond acceptors (Lipinski definition) is 8. The van der Waals surface area contributed by atoms with E-state index in [0.717, 1.165) is 11.1 Å². The molecule has 11 nitrogen and oxygen atoms in total. The predicted octanol–water partition coefficient (Wildman–Crippen LogP) is 4.79. The number of amides is 1. The number of carbonyl (C=O) groups is 2. The monoisotopic (exact) mass is 634 g/mol. The maximum absolute atomic E-state index is 14.8. The quantitative estimate of drug-likeness (QED) is 0.279. The summed E-state index contributed by atoms with van der Waals surface area (Å²) < 4.78 is 68.0. The number of halogens is 4. The Morgan fingerprint density at radius 2 is 2.00 bits per heavy atom. The zero-order chi connectivity index (χ0) is 33.1. The van der Waals surface area contributed by atoms with Crippen LogP contribution in [0.5, 0.6) is 5.88 Å². The minimum atomic E-state index is -4.56. The van der Waals surface area contributed by atoms with E-state index in [9.17, 15) is 32.3 Å². The van der Waals surface area contributed by atoms with Gasteiger partial charge in [-0.2, -0.15) is 18.2 Å². The average molecular weight is 635 g/mol. The highest BCUT2D eigenvalue weighted by molar-refractivity contribution is 5.91. The van der Waals surface area contributed by atoms with Gasteiger partial charge in [0, 0.05) is 30.5 Å². The molecule has 4 heterocycles. The fraction of sp³-hybridized carbons (Fsp3) is 0.467. The van der Waals surface area contributed by atoms with Crippen LogP contribution in [-0.2, 0) is 11.2 Å². The number of carbonyl (C=O) groups excluding carboxylic acids is 1. The molecule has 1 aliphatic rings. The highest BCUT2D eigenvalue weighted by Gasteiger charge is 2.32. The molecule has 1 amide bonds.